The Morgan fingerprint density at radius 2 is 1.89 bits per heavy atom. The van der Waals surface area contributed by atoms with Crippen LogP contribution >= 0.6 is 11.6 Å². The van der Waals surface area contributed by atoms with E-state index in [9.17, 15) is 18.0 Å². The molecule has 37 heavy (non-hydrogen) atoms. The van der Waals surface area contributed by atoms with Crippen LogP contribution in [-0.2, 0) is 19.4 Å². The molecule has 2 N–H and O–H groups in total. The third kappa shape index (κ3) is 6.07. The lowest BCUT2D eigenvalue weighted by Gasteiger charge is -2.24. The summed E-state index contributed by atoms with van der Waals surface area (Å²) in [6.45, 7) is 0.151. The molecular formula is C25H24ClFN4O5S. The Kier molecular flexibility index (Phi) is 7.76. The Hall–Kier alpha value is -3.54. The number of amides is 3. The number of hydrogen-bond acceptors (Lipinski definition) is 6. The van der Waals surface area contributed by atoms with E-state index < -0.39 is 33.6 Å². The van der Waals surface area contributed by atoms with Crippen molar-refractivity contribution >= 4 is 44.9 Å². The van der Waals surface area contributed by atoms with Crippen LogP contribution in [0.5, 0.6) is 0 Å². The minimum atomic E-state index is -3.54. The SMILES string of the molecule is COC1CC(C(=O)Nc2ccc(-c3ccccc3S(C)(=O)=O)cc2F)N(C(=O)Nc2ccc(Cl)cn2)C1. The number of urea groups is 1. The Morgan fingerprint density at radius 3 is 2.54 bits per heavy atom. The number of carbonyl (C=O) groups is 2. The average molecular weight is 547 g/mol. The number of ether oxygens (including phenoxy) is 1. The van der Waals surface area contributed by atoms with Gasteiger partial charge in [-0.2, -0.15) is 0 Å². The molecule has 0 bridgehead atoms. The fraction of sp³-hybridized carbons (Fsp3) is 0.240. The van der Waals surface area contributed by atoms with Crippen molar-refractivity contribution in [3.8, 4) is 11.1 Å². The lowest BCUT2D eigenvalue weighted by atomic mass is 10.0. The van der Waals surface area contributed by atoms with Crippen molar-refractivity contribution in [1.29, 1.82) is 0 Å². The van der Waals surface area contributed by atoms with Gasteiger partial charge in [-0.25, -0.2) is 22.6 Å². The first-order chi connectivity index (χ1) is 17.6. The van der Waals surface area contributed by atoms with Crippen LogP contribution in [0.2, 0.25) is 5.02 Å². The molecule has 1 aromatic heterocycles. The number of nitrogens with one attached hydrogen (secondary N) is 2. The van der Waals surface area contributed by atoms with Gasteiger partial charge in [-0.3, -0.25) is 10.1 Å². The first-order valence-electron chi connectivity index (χ1n) is 11.2. The Morgan fingerprint density at radius 1 is 1.14 bits per heavy atom. The van der Waals surface area contributed by atoms with Gasteiger partial charge in [0.15, 0.2) is 9.84 Å². The maximum atomic E-state index is 15.0. The number of anilines is 2. The second-order valence-electron chi connectivity index (χ2n) is 8.51. The lowest BCUT2D eigenvalue weighted by molar-refractivity contribution is -0.119. The Balaban J connectivity index is 1.53. The normalized spacial score (nSPS) is 17.5. The molecule has 194 valence electrons. The van der Waals surface area contributed by atoms with E-state index in [1.54, 1.807) is 24.3 Å². The number of benzene rings is 2. The van der Waals surface area contributed by atoms with Crippen LogP contribution in [-0.4, -0.2) is 62.3 Å². The molecular weight excluding hydrogens is 523 g/mol. The van der Waals surface area contributed by atoms with E-state index in [0.29, 0.717) is 16.1 Å². The van der Waals surface area contributed by atoms with Gasteiger partial charge in [0, 0.05) is 38.1 Å². The van der Waals surface area contributed by atoms with Crippen molar-refractivity contribution in [1.82, 2.24) is 9.88 Å². The summed E-state index contributed by atoms with van der Waals surface area (Å²) in [5.74, 6) is -1.09. The summed E-state index contributed by atoms with van der Waals surface area (Å²) in [6.07, 6.45) is 2.28. The molecule has 9 nitrogen and oxygen atoms in total. The first kappa shape index (κ1) is 26.5. The summed E-state index contributed by atoms with van der Waals surface area (Å²) in [5.41, 5.74) is 0.582. The minimum absolute atomic E-state index is 0.0691. The molecule has 0 aliphatic carbocycles. The average Bonchev–Trinajstić information content (AvgIpc) is 3.31. The number of methoxy groups -OCH3 is 1. The van der Waals surface area contributed by atoms with E-state index in [0.717, 1.165) is 12.3 Å². The third-order valence-electron chi connectivity index (χ3n) is 5.95. The predicted molar refractivity (Wildman–Crippen MR) is 138 cm³/mol. The van der Waals surface area contributed by atoms with Crippen LogP contribution in [0.1, 0.15) is 6.42 Å². The van der Waals surface area contributed by atoms with E-state index in [-0.39, 0.29) is 35.5 Å². The van der Waals surface area contributed by atoms with Crippen LogP contribution in [0, 0.1) is 5.82 Å². The summed E-state index contributed by atoms with van der Waals surface area (Å²) < 4.78 is 44.6. The zero-order valence-corrected chi connectivity index (χ0v) is 21.5. The topological polar surface area (TPSA) is 118 Å². The molecule has 1 aliphatic heterocycles. The maximum Gasteiger partial charge on any atom is 0.323 e. The summed E-state index contributed by atoms with van der Waals surface area (Å²) in [6, 6.07) is 11.9. The highest BCUT2D eigenvalue weighted by molar-refractivity contribution is 7.90. The quantitative estimate of drug-likeness (QED) is 0.478. The number of nitrogens with zero attached hydrogens (tertiary/aromatic N) is 2. The van der Waals surface area contributed by atoms with Crippen LogP contribution in [0.4, 0.5) is 20.7 Å². The zero-order valence-electron chi connectivity index (χ0n) is 19.9. The maximum absolute atomic E-state index is 15.0. The number of halogens is 2. The molecule has 2 aromatic carbocycles. The number of carbonyl (C=O) groups excluding carboxylic acids is 2. The number of rotatable bonds is 6. The smallest absolute Gasteiger partial charge is 0.323 e. The molecule has 3 amide bonds. The monoisotopic (exact) mass is 546 g/mol. The van der Waals surface area contributed by atoms with E-state index >= 15 is 4.39 Å². The molecule has 1 saturated heterocycles. The van der Waals surface area contributed by atoms with Gasteiger partial charge < -0.3 is 15.0 Å². The Labute approximate surface area is 218 Å². The van der Waals surface area contributed by atoms with Gasteiger partial charge in [0.2, 0.25) is 5.91 Å². The number of hydrogen-bond donors (Lipinski definition) is 2. The van der Waals surface area contributed by atoms with Gasteiger partial charge in [0.1, 0.15) is 17.7 Å². The number of pyridine rings is 1. The van der Waals surface area contributed by atoms with Crippen molar-refractivity contribution in [2.75, 3.05) is 30.5 Å². The molecule has 2 atom stereocenters. The van der Waals surface area contributed by atoms with E-state index in [1.807, 2.05) is 0 Å². The van der Waals surface area contributed by atoms with Crippen molar-refractivity contribution in [2.45, 2.75) is 23.5 Å². The standard InChI is InChI=1S/C25H24ClFN4O5S/c1-36-17-12-21(31(14-17)25(33)30-23-10-8-16(26)13-28-23)24(32)29-20-9-7-15(11-19(20)27)18-5-3-4-6-22(18)37(2,34)35/h3-11,13,17,21H,12,14H2,1-2H3,(H,29,32)(H,28,30,33). The largest absolute Gasteiger partial charge is 0.380 e. The summed E-state index contributed by atoms with van der Waals surface area (Å²) in [5, 5.41) is 5.56. The van der Waals surface area contributed by atoms with Crippen LogP contribution < -0.4 is 10.6 Å². The van der Waals surface area contributed by atoms with Gasteiger partial charge in [0.25, 0.3) is 0 Å². The fourth-order valence-corrected chi connectivity index (χ4v) is 5.12. The van der Waals surface area contributed by atoms with Crippen molar-refractivity contribution in [3.05, 3.63) is 71.6 Å². The Bertz CT molecular complexity index is 1440. The van der Waals surface area contributed by atoms with E-state index in [4.69, 9.17) is 16.3 Å². The third-order valence-corrected chi connectivity index (χ3v) is 7.32. The lowest BCUT2D eigenvalue weighted by Crippen LogP contribution is -2.45. The van der Waals surface area contributed by atoms with Gasteiger partial charge in [0.05, 0.1) is 21.7 Å². The molecule has 4 rings (SSSR count). The van der Waals surface area contributed by atoms with Gasteiger partial charge in [-0.15, -0.1) is 0 Å². The zero-order chi connectivity index (χ0) is 26.7. The molecule has 12 heteroatoms. The predicted octanol–water partition coefficient (Wildman–Crippen LogP) is 4.20. The molecule has 0 saturated carbocycles. The van der Waals surface area contributed by atoms with Crippen molar-refractivity contribution < 1.29 is 27.1 Å². The minimum Gasteiger partial charge on any atom is -0.380 e. The second-order valence-corrected chi connectivity index (χ2v) is 10.9. The summed E-state index contributed by atoms with van der Waals surface area (Å²) >= 11 is 5.83. The van der Waals surface area contributed by atoms with Crippen molar-refractivity contribution in [2.24, 2.45) is 0 Å². The highest BCUT2D eigenvalue weighted by Gasteiger charge is 2.40. The molecule has 2 unspecified atom stereocenters. The van der Waals surface area contributed by atoms with Gasteiger partial charge in [-0.1, -0.05) is 35.9 Å². The van der Waals surface area contributed by atoms with Crippen molar-refractivity contribution in [3.63, 3.8) is 0 Å². The van der Waals surface area contributed by atoms with Gasteiger partial charge in [-0.05, 0) is 35.9 Å². The van der Waals surface area contributed by atoms with Crippen LogP contribution in [0.15, 0.2) is 65.7 Å². The molecule has 0 radical (unpaired) electrons. The fourth-order valence-electron chi connectivity index (χ4n) is 4.10. The van der Waals surface area contributed by atoms with Crippen LogP contribution in [0.3, 0.4) is 0 Å². The van der Waals surface area contributed by atoms with Crippen LogP contribution in [0.25, 0.3) is 11.1 Å². The van der Waals surface area contributed by atoms with E-state index in [1.165, 1.54) is 42.5 Å². The van der Waals surface area contributed by atoms with Gasteiger partial charge >= 0.3 is 6.03 Å². The molecule has 0 spiro atoms. The summed E-state index contributed by atoms with van der Waals surface area (Å²) in [7, 11) is -2.06. The molecule has 1 fully saturated rings. The number of sulfone groups is 1. The molecule has 2 heterocycles. The number of aromatic nitrogens is 1. The highest BCUT2D eigenvalue weighted by atomic mass is 35.5. The first-order valence-corrected chi connectivity index (χ1v) is 13.5. The van der Waals surface area contributed by atoms with E-state index in [2.05, 4.69) is 15.6 Å². The number of likely N-dealkylation sites (tertiary alicyclic amines) is 1. The molecule has 1 aliphatic rings. The molecule has 3 aromatic rings. The summed E-state index contributed by atoms with van der Waals surface area (Å²) in [4.78, 5) is 31.4. The highest BCUT2D eigenvalue weighted by Crippen LogP contribution is 2.30. The second kappa shape index (κ2) is 10.8.